The monoisotopic (exact) mass is 615 g/mol. The van der Waals surface area contributed by atoms with Gasteiger partial charge in [-0.3, -0.25) is 4.67 Å². The lowest BCUT2D eigenvalue weighted by Gasteiger charge is -2.31. The van der Waals surface area contributed by atoms with Gasteiger partial charge in [-0.1, -0.05) is 127 Å². The molecule has 0 fully saturated rings. The van der Waals surface area contributed by atoms with Crippen LogP contribution >= 0.6 is 7.75 Å². The predicted molar refractivity (Wildman–Crippen MR) is 189 cm³/mol. The first-order chi connectivity index (χ1) is 22.6. The van der Waals surface area contributed by atoms with Crippen molar-refractivity contribution < 1.29 is 13.6 Å². The zero-order valence-corrected chi connectivity index (χ0v) is 26.2. The number of fused-ring (bicyclic) bond motifs is 8. The standard InChI is InChI=1S/C41H30NO3P/c1-27-24-32-20-10-13-23-37(32)42(27)46(43)44-40-33-21-11-8-18-30(33)25-35(28-14-4-2-5-15-28)38(40)39-36(29-16-6-3-7-17-29)26-31-19-9-12-22-34(31)41(39)45-46/h2-23,25-27H,24H2,1H3/t27-/m0/s1. The lowest BCUT2D eigenvalue weighted by atomic mass is 9.84. The van der Waals surface area contributed by atoms with Gasteiger partial charge in [-0.25, -0.2) is 4.57 Å². The molecule has 1 atom stereocenters. The number of anilines is 1. The summed E-state index contributed by atoms with van der Waals surface area (Å²) in [5.41, 5.74) is 7.85. The van der Waals surface area contributed by atoms with E-state index in [1.54, 1.807) is 0 Å². The van der Waals surface area contributed by atoms with Gasteiger partial charge in [0.25, 0.3) is 0 Å². The molecule has 5 heteroatoms. The molecule has 0 bridgehead atoms. The fourth-order valence-electron chi connectivity index (χ4n) is 7.27. The van der Waals surface area contributed by atoms with Crippen LogP contribution in [0.5, 0.6) is 11.5 Å². The number of hydrogen-bond acceptors (Lipinski definition) is 3. The summed E-state index contributed by atoms with van der Waals surface area (Å²) in [7, 11) is -4.06. The Morgan fingerprint density at radius 2 is 1.04 bits per heavy atom. The third-order valence-electron chi connectivity index (χ3n) is 9.27. The molecule has 7 aromatic rings. The number of hydrogen-bond donors (Lipinski definition) is 0. The molecule has 0 unspecified atom stereocenters. The molecule has 0 saturated heterocycles. The second-order valence-corrected chi connectivity index (χ2v) is 13.8. The van der Waals surface area contributed by atoms with Gasteiger partial charge in [0.1, 0.15) is 11.5 Å². The van der Waals surface area contributed by atoms with Gasteiger partial charge in [0.15, 0.2) is 0 Å². The molecular weight excluding hydrogens is 585 g/mol. The maximum absolute atomic E-state index is 15.8. The third kappa shape index (κ3) is 4.11. The van der Waals surface area contributed by atoms with Crippen LogP contribution < -0.4 is 13.7 Å². The third-order valence-corrected chi connectivity index (χ3v) is 11.2. The lowest BCUT2D eigenvalue weighted by molar-refractivity contribution is 0.386. The summed E-state index contributed by atoms with van der Waals surface area (Å²) in [4.78, 5) is 0. The highest BCUT2D eigenvalue weighted by molar-refractivity contribution is 7.56. The Morgan fingerprint density at radius 1 is 0.587 bits per heavy atom. The highest BCUT2D eigenvalue weighted by Gasteiger charge is 2.48. The molecule has 46 heavy (non-hydrogen) atoms. The second-order valence-electron chi connectivity index (χ2n) is 12.1. The molecule has 2 aliphatic rings. The van der Waals surface area contributed by atoms with Gasteiger partial charge in [-0.2, -0.15) is 0 Å². The van der Waals surface area contributed by atoms with Crippen LogP contribution in [0.2, 0.25) is 0 Å². The van der Waals surface area contributed by atoms with Crippen molar-refractivity contribution in [1.82, 2.24) is 0 Å². The zero-order valence-electron chi connectivity index (χ0n) is 25.3. The average Bonchev–Trinajstić information content (AvgIpc) is 3.38. The molecule has 2 heterocycles. The first kappa shape index (κ1) is 27.0. The average molecular weight is 616 g/mol. The Bertz CT molecular complexity index is 2220. The van der Waals surface area contributed by atoms with Crippen molar-refractivity contribution in [3.8, 4) is 44.9 Å². The Hall–Kier alpha value is -5.31. The lowest BCUT2D eigenvalue weighted by Crippen LogP contribution is -2.30. The summed E-state index contributed by atoms with van der Waals surface area (Å²) in [5.74, 6) is 1.14. The normalized spacial score (nSPS) is 16.2. The summed E-state index contributed by atoms with van der Waals surface area (Å²) >= 11 is 0. The first-order valence-electron chi connectivity index (χ1n) is 15.7. The molecule has 0 spiro atoms. The molecule has 0 radical (unpaired) electrons. The number of benzene rings is 7. The van der Waals surface area contributed by atoms with Crippen molar-refractivity contribution in [1.29, 1.82) is 0 Å². The molecule has 9 rings (SSSR count). The fourth-order valence-corrected chi connectivity index (χ4v) is 9.34. The Balaban J connectivity index is 1.47. The number of nitrogens with zero attached hydrogens (tertiary/aromatic N) is 1. The quantitative estimate of drug-likeness (QED) is 0.185. The van der Waals surface area contributed by atoms with E-state index < -0.39 is 7.75 Å². The highest BCUT2D eigenvalue weighted by Crippen LogP contribution is 2.66. The molecule has 0 amide bonds. The van der Waals surface area contributed by atoms with Crippen molar-refractivity contribution in [2.24, 2.45) is 0 Å². The van der Waals surface area contributed by atoms with Gasteiger partial charge in [-0.05, 0) is 70.1 Å². The smallest absolute Gasteiger partial charge is 0.399 e. The van der Waals surface area contributed by atoms with Crippen molar-refractivity contribution in [3.63, 3.8) is 0 Å². The SMILES string of the molecule is C[C@H]1Cc2ccccc2N1P1(=O)Oc2c(c(-c3ccccc3)cc3ccccc23)-c2c(-c3ccccc3)cc3ccccc3c2O1. The summed E-state index contributed by atoms with van der Waals surface area (Å²) in [6.07, 6.45) is 0.752. The van der Waals surface area contributed by atoms with Crippen LogP contribution in [0.15, 0.2) is 146 Å². The number of para-hydroxylation sites is 1. The van der Waals surface area contributed by atoms with E-state index in [-0.39, 0.29) is 6.04 Å². The van der Waals surface area contributed by atoms with Crippen LogP contribution in [-0.4, -0.2) is 6.04 Å². The van der Waals surface area contributed by atoms with E-state index in [0.717, 1.165) is 72.6 Å². The molecule has 7 aromatic carbocycles. The Labute approximate surface area is 268 Å². The van der Waals surface area contributed by atoms with Crippen LogP contribution in [-0.2, 0) is 11.0 Å². The predicted octanol–water partition coefficient (Wildman–Crippen LogP) is 11.3. The van der Waals surface area contributed by atoms with Gasteiger partial charge in [0.05, 0.1) is 5.69 Å². The number of rotatable bonds is 3. The topological polar surface area (TPSA) is 38.8 Å². The summed E-state index contributed by atoms with van der Waals surface area (Å²) < 4.78 is 31.7. The molecule has 0 aromatic heterocycles. The minimum Gasteiger partial charge on any atom is -0.399 e. The van der Waals surface area contributed by atoms with Crippen molar-refractivity contribution in [2.45, 2.75) is 19.4 Å². The molecule has 0 aliphatic carbocycles. The minimum atomic E-state index is -4.06. The van der Waals surface area contributed by atoms with Crippen molar-refractivity contribution in [3.05, 3.63) is 151 Å². The van der Waals surface area contributed by atoms with Gasteiger partial charge in [0.2, 0.25) is 0 Å². The maximum Gasteiger partial charge on any atom is 0.544 e. The Kier molecular flexibility index (Phi) is 6.10. The van der Waals surface area contributed by atoms with E-state index in [0.29, 0.717) is 11.5 Å². The van der Waals surface area contributed by atoms with E-state index in [1.807, 2.05) is 59.3 Å². The van der Waals surface area contributed by atoms with E-state index in [9.17, 15) is 0 Å². The molecule has 0 saturated carbocycles. The van der Waals surface area contributed by atoms with Gasteiger partial charge in [-0.15, -0.1) is 0 Å². The second kappa shape index (κ2) is 10.4. The van der Waals surface area contributed by atoms with Crippen LogP contribution in [0.25, 0.3) is 54.9 Å². The fraction of sp³-hybridized carbons (Fsp3) is 0.0732. The molecule has 222 valence electrons. The van der Waals surface area contributed by atoms with E-state index >= 15 is 4.57 Å². The molecule has 4 nitrogen and oxygen atoms in total. The first-order valence-corrected chi connectivity index (χ1v) is 17.2. The van der Waals surface area contributed by atoms with Crippen LogP contribution in [0.3, 0.4) is 0 Å². The zero-order chi connectivity index (χ0) is 30.8. The maximum atomic E-state index is 15.8. The van der Waals surface area contributed by atoms with E-state index in [2.05, 4.69) is 97.9 Å². The van der Waals surface area contributed by atoms with Crippen LogP contribution in [0.4, 0.5) is 5.69 Å². The van der Waals surface area contributed by atoms with Crippen LogP contribution in [0, 0.1) is 0 Å². The van der Waals surface area contributed by atoms with E-state index in [4.69, 9.17) is 9.05 Å². The summed E-state index contributed by atoms with van der Waals surface area (Å²) in [6, 6.07) is 49.7. The van der Waals surface area contributed by atoms with Gasteiger partial charge < -0.3 is 9.05 Å². The van der Waals surface area contributed by atoms with Gasteiger partial charge in [0, 0.05) is 27.9 Å². The summed E-state index contributed by atoms with van der Waals surface area (Å²) in [6.45, 7) is 2.09. The summed E-state index contributed by atoms with van der Waals surface area (Å²) in [5, 5.41) is 3.79. The minimum absolute atomic E-state index is 0.0969. The van der Waals surface area contributed by atoms with E-state index in [1.165, 1.54) is 0 Å². The molecule has 2 aliphatic heterocycles. The van der Waals surface area contributed by atoms with Crippen molar-refractivity contribution >= 4 is 35.0 Å². The van der Waals surface area contributed by atoms with Crippen molar-refractivity contribution in [2.75, 3.05) is 4.67 Å². The Morgan fingerprint density at radius 3 is 1.59 bits per heavy atom. The van der Waals surface area contributed by atoms with Gasteiger partial charge >= 0.3 is 7.75 Å². The largest absolute Gasteiger partial charge is 0.544 e. The highest BCUT2D eigenvalue weighted by atomic mass is 31.2. The molecule has 0 N–H and O–H groups in total. The van der Waals surface area contributed by atoms with Crippen LogP contribution in [0.1, 0.15) is 12.5 Å². The molecular formula is C41H30NO3P.